The Labute approximate surface area is 216 Å². The topological polar surface area (TPSA) is 83.4 Å². The SMILES string of the molecule is CCOc1cc(/C=C2/N=C(c3ccc(C(C)(C)C)cc3)OC2=O)ccc1OC(=O)c1ccccc1OC. The maximum atomic E-state index is 12.8. The fraction of sp³-hybridized carbons (Fsp3) is 0.233. The van der Waals surface area contributed by atoms with Gasteiger partial charge in [0.05, 0.1) is 13.7 Å². The van der Waals surface area contributed by atoms with Gasteiger partial charge in [-0.15, -0.1) is 0 Å². The molecule has 4 rings (SSSR count). The van der Waals surface area contributed by atoms with Crippen LogP contribution in [0.15, 0.2) is 77.4 Å². The number of cyclic esters (lactones) is 1. The number of nitrogens with zero attached hydrogens (tertiary/aromatic N) is 1. The molecule has 1 heterocycles. The second kappa shape index (κ2) is 10.7. The van der Waals surface area contributed by atoms with Gasteiger partial charge in [-0.1, -0.05) is 51.1 Å². The number of esters is 2. The quantitative estimate of drug-likeness (QED) is 0.227. The molecule has 3 aromatic carbocycles. The van der Waals surface area contributed by atoms with Crippen LogP contribution in [0.3, 0.4) is 0 Å². The van der Waals surface area contributed by atoms with Crippen LogP contribution in [0.2, 0.25) is 0 Å². The Balaban J connectivity index is 1.58. The van der Waals surface area contributed by atoms with Crippen molar-refractivity contribution in [1.29, 1.82) is 0 Å². The summed E-state index contributed by atoms with van der Waals surface area (Å²) in [4.78, 5) is 29.7. The summed E-state index contributed by atoms with van der Waals surface area (Å²) < 4.78 is 22.0. The smallest absolute Gasteiger partial charge is 0.363 e. The minimum Gasteiger partial charge on any atom is -0.496 e. The third kappa shape index (κ3) is 5.89. The molecule has 0 fully saturated rings. The number of carbonyl (C=O) groups is 2. The second-order valence-corrected chi connectivity index (χ2v) is 9.39. The predicted octanol–water partition coefficient (Wildman–Crippen LogP) is 5.96. The van der Waals surface area contributed by atoms with E-state index in [4.69, 9.17) is 18.9 Å². The zero-order valence-corrected chi connectivity index (χ0v) is 21.5. The van der Waals surface area contributed by atoms with Crippen LogP contribution in [-0.2, 0) is 14.9 Å². The number of benzene rings is 3. The first-order valence-corrected chi connectivity index (χ1v) is 11.9. The molecule has 0 amide bonds. The number of hydrogen-bond donors (Lipinski definition) is 0. The highest BCUT2D eigenvalue weighted by atomic mass is 16.6. The summed E-state index contributed by atoms with van der Waals surface area (Å²) in [5.74, 6) is 0.151. The van der Waals surface area contributed by atoms with Crippen LogP contribution < -0.4 is 14.2 Å². The molecule has 0 bridgehead atoms. The van der Waals surface area contributed by atoms with Crippen molar-refractivity contribution >= 4 is 23.9 Å². The van der Waals surface area contributed by atoms with Gasteiger partial charge in [-0.2, -0.15) is 0 Å². The molecule has 0 aliphatic carbocycles. The van der Waals surface area contributed by atoms with E-state index in [9.17, 15) is 9.59 Å². The van der Waals surface area contributed by atoms with E-state index >= 15 is 0 Å². The standard InChI is InChI=1S/C30H29NO6/c1-6-35-26-18-19(11-16-25(26)36-28(32)22-9-7-8-10-24(22)34-5)17-23-29(33)37-27(31-23)20-12-14-21(15-13-20)30(2,3)4/h7-18H,6H2,1-5H3/b23-17+. The van der Waals surface area contributed by atoms with Crippen LogP contribution in [-0.4, -0.2) is 31.6 Å². The third-order valence-corrected chi connectivity index (χ3v) is 5.72. The summed E-state index contributed by atoms with van der Waals surface area (Å²) in [7, 11) is 1.49. The first-order chi connectivity index (χ1) is 17.7. The second-order valence-electron chi connectivity index (χ2n) is 9.39. The lowest BCUT2D eigenvalue weighted by Crippen LogP contribution is -2.11. The molecule has 0 N–H and O–H groups in total. The molecule has 0 unspecified atom stereocenters. The predicted molar refractivity (Wildman–Crippen MR) is 141 cm³/mol. The molecule has 1 aliphatic rings. The van der Waals surface area contributed by atoms with Crippen molar-refractivity contribution in [2.45, 2.75) is 33.1 Å². The summed E-state index contributed by atoms with van der Waals surface area (Å²) in [6, 6.07) is 19.6. The van der Waals surface area contributed by atoms with Crippen LogP contribution in [0.25, 0.3) is 6.08 Å². The first kappa shape index (κ1) is 25.7. The Morgan fingerprint density at radius 3 is 2.38 bits per heavy atom. The maximum absolute atomic E-state index is 12.8. The zero-order valence-electron chi connectivity index (χ0n) is 21.5. The molecule has 3 aromatic rings. The average Bonchev–Trinajstić information content (AvgIpc) is 3.25. The molecular weight excluding hydrogens is 470 g/mol. The molecule has 0 radical (unpaired) electrons. The monoisotopic (exact) mass is 499 g/mol. The largest absolute Gasteiger partial charge is 0.496 e. The van der Waals surface area contributed by atoms with Crippen molar-refractivity contribution in [2.75, 3.05) is 13.7 Å². The summed E-state index contributed by atoms with van der Waals surface area (Å²) in [6.07, 6.45) is 1.60. The summed E-state index contributed by atoms with van der Waals surface area (Å²) >= 11 is 0. The van der Waals surface area contributed by atoms with E-state index in [0.717, 1.165) is 5.56 Å². The van der Waals surface area contributed by atoms with Gasteiger partial charge in [0, 0.05) is 5.56 Å². The van der Waals surface area contributed by atoms with Crippen molar-refractivity contribution in [1.82, 2.24) is 0 Å². The van der Waals surface area contributed by atoms with Gasteiger partial charge in [0.25, 0.3) is 0 Å². The zero-order chi connectivity index (χ0) is 26.6. The van der Waals surface area contributed by atoms with Crippen LogP contribution in [0.1, 0.15) is 54.7 Å². The maximum Gasteiger partial charge on any atom is 0.363 e. The molecule has 0 spiro atoms. The number of carbonyl (C=O) groups excluding carboxylic acids is 2. The highest BCUT2D eigenvalue weighted by molar-refractivity contribution is 6.12. The fourth-order valence-electron chi connectivity index (χ4n) is 3.74. The van der Waals surface area contributed by atoms with E-state index in [2.05, 4.69) is 25.8 Å². The van der Waals surface area contributed by atoms with Crippen LogP contribution in [0, 0.1) is 0 Å². The Hall–Kier alpha value is -4.39. The number of hydrogen-bond acceptors (Lipinski definition) is 7. The van der Waals surface area contributed by atoms with E-state index < -0.39 is 11.9 Å². The molecule has 0 saturated heterocycles. The van der Waals surface area contributed by atoms with Crippen molar-refractivity contribution in [3.63, 3.8) is 0 Å². The highest BCUT2D eigenvalue weighted by Gasteiger charge is 2.25. The number of rotatable bonds is 7. The first-order valence-electron chi connectivity index (χ1n) is 11.9. The van der Waals surface area contributed by atoms with Crippen LogP contribution in [0.5, 0.6) is 17.2 Å². The van der Waals surface area contributed by atoms with Gasteiger partial charge in [0.2, 0.25) is 5.90 Å². The van der Waals surface area contributed by atoms with E-state index in [-0.39, 0.29) is 22.8 Å². The lowest BCUT2D eigenvalue weighted by atomic mass is 9.87. The lowest BCUT2D eigenvalue weighted by molar-refractivity contribution is -0.129. The van der Waals surface area contributed by atoms with Gasteiger partial charge in [-0.25, -0.2) is 14.6 Å². The summed E-state index contributed by atoms with van der Waals surface area (Å²) in [5, 5.41) is 0. The van der Waals surface area contributed by atoms with E-state index in [1.165, 1.54) is 12.7 Å². The molecule has 37 heavy (non-hydrogen) atoms. The Bertz CT molecular complexity index is 1380. The summed E-state index contributed by atoms with van der Waals surface area (Å²) in [6.45, 7) is 8.59. The van der Waals surface area contributed by atoms with Gasteiger partial charge >= 0.3 is 11.9 Å². The third-order valence-electron chi connectivity index (χ3n) is 5.72. The number of ether oxygens (including phenoxy) is 4. The Kier molecular flexibility index (Phi) is 7.43. The molecule has 7 nitrogen and oxygen atoms in total. The minimum absolute atomic E-state index is 0.0175. The van der Waals surface area contributed by atoms with Crippen LogP contribution in [0.4, 0.5) is 0 Å². The Morgan fingerprint density at radius 1 is 0.973 bits per heavy atom. The molecule has 0 saturated carbocycles. The minimum atomic E-state index is -0.574. The Morgan fingerprint density at radius 2 is 1.70 bits per heavy atom. The summed E-state index contributed by atoms with van der Waals surface area (Å²) in [5.41, 5.74) is 3.01. The van der Waals surface area contributed by atoms with Gasteiger partial charge in [0.15, 0.2) is 17.2 Å². The van der Waals surface area contributed by atoms with Gasteiger partial charge in [0.1, 0.15) is 11.3 Å². The van der Waals surface area contributed by atoms with Gasteiger partial charge in [-0.3, -0.25) is 0 Å². The van der Waals surface area contributed by atoms with Gasteiger partial charge in [-0.05, 0) is 65.9 Å². The van der Waals surface area contributed by atoms with Crippen molar-refractivity contribution < 1.29 is 28.5 Å². The van der Waals surface area contributed by atoms with E-state index in [0.29, 0.717) is 29.2 Å². The van der Waals surface area contributed by atoms with Crippen molar-refractivity contribution in [3.05, 3.63) is 94.7 Å². The molecule has 0 atom stereocenters. The van der Waals surface area contributed by atoms with Crippen LogP contribution >= 0.6 is 0 Å². The highest BCUT2D eigenvalue weighted by Crippen LogP contribution is 2.32. The molecular formula is C30H29NO6. The fourth-order valence-corrected chi connectivity index (χ4v) is 3.74. The lowest BCUT2D eigenvalue weighted by Gasteiger charge is -2.18. The normalized spacial score (nSPS) is 14.2. The number of methoxy groups -OCH3 is 1. The molecule has 190 valence electrons. The average molecular weight is 500 g/mol. The molecule has 7 heteroatoms. The number of aliphatic imine (C=N–C) groups is 1. The molecule has 1 aliphatic heterocycles. The van der Waals surface area contributed by atoms with E-state index in [1.54, 1.807) is 48.5 Å². The van der Waals surface area contributed by atoms with Gasteiger partial charge < -0.3 is 18.9 Å². The van der Waals surface area contributed by atoms with Crippen molar-refractivity contribution in [2.24, 2.45) is 4.99 Å². The van der Waals surface area contributed by atoms with E-state index in [1.807, 2.05) is 31.2 Å². The molecule has 0 aromatic heterocycles. The number of para-hydroxylation sites is 1. The van der Waals surface area contributed by atoms with Crippen molar-refractivity contribution in [3.8, 4) is 17.2 Å².